The van der Waals surface area contributed by atoms with E-state index >= 15 is 0 Å². The monoisotopic (exact) mass is 497 g/mol. The Bertz CT molecular complexity index is 1070. The summed E-state index contributed by atoms with van der Waals surface area (Å²) in [6.07, 6.45) is -0.696. The Kier molecular flexibility index (Phi) is 9.50. The molecule has 0 radical (unpaired) electrons. The third kappa shape index (κ3) is 7.73. The Hall–Kier alpha value is -3.55. The Morgan fingerprint density at radius 2 is 1.56 bits per heavy atom. The second-order valence-electron chi connectivity index (χ2n) is 10.2. The topological polar surface area (TPSA) is 97.0 Å². The molecule has 2 rings (SSSR count). The lowest BCUT2D eigenvalue weighted by atomic mass is 9.95. The fourth-order valence-electron chi connectivity index (χ4n) is 3.88. The molecule has 2 aromatic carbocycles. The van der Waals surface area contributed by atoms with Crippen molar-refractivity contribution in [3.05, 3.63) is 59.2 Å². The second kappa shape index (κ2) is 11.9. The van der Waals surface area contributed by atoms with Gasteiger partial charge in [-0.05, 0) is 90.8 Å². The van der Waals surface area contributed by atoms with Crippen molar-refractivity contribution in [3.8, 4) is 5.75 Å². The number of anilines is 1. The maximum Gasteiger partial charge on any atom is 0.408 e. The van der Waals surface area contributed by atoms with Crippen molar-refractivity contribution in [3.63, 3.8) is 0 Å². The SMILES string of the molecule is COc1ccc(NC(=O)C(c2ccc(C)cc2C)N(C(=O)C(C)NC(=O)OC(C)(C)C)C(C)C)cc1. The van der Waals surface area contributed by atoms with Crippen LogP contribution in [0, 0.1) is 13.8 Å². The van der Waals surface area contributed by atoms with Gasteiger partial charge >= 0.3 is 6.09 Å². The normalized spacial score (nSPS) is 12.9. The summed E-state index contributed by atoms with van der Waals surface area (Å²) in [5.41, 5.74) is 2.51. The predicted octanol–water partition coefficient (Wildman–Crippen LogP) is 5.14. The van der Waals surface area contributed by atoms with E-state index in [2.05, 4.69) is 10.6 Å². The molecule has 2 unspecified atom stereocenters. The van der Waals surface area contributed by atoms with E-state index in [1.54, 1.807) is 59.1 Å². The van der Waals surface area contributed by atoms with Crippen LogP contribution in [0.2, 0.25) is 0 Å². The van der Waals surface area contributed by atoms with Gasteiger partial charge in [-0.15, -0.1) is 0 Å². The van der Waals surface area contributed by atoms with Crippen LogP contribution >= 0.6 is 0 Å². The maximum atomic E-state index is 13.7. The molecule has 36 heavy (non-hydrogen) atoms. The molecule has 2 aromatic rings. The van der Waals surface area contributed by atoms with Gasteiger partial charge in [0.15, 0.2) is 0 Å². The summed E-state index contributed by atoms with van der Waals surface area (Å²) in [5, 5.41) is 5.54. The number of rotatable bonds is 8. The summed E-state index contributed by atoms with van der Waals surface area (Å²) in [4.78, 5) is 41.3. The maximum absolute atomic E-state index is 13.7. The van der Waals surface area contributed by atoms with Crippen LogP contribution in [0.1, 0.15) is 64.3 Å². The van der Waals surface area contributed by atoms with Gasteiger partial charge in [-0.1, -0.05) is 23.8 Å². The average molecular weight is 498 g/mol. The van der Waals surface area contributed by atoms with E-state index in [1.807, 2.05) is 45.9 Å². The summed E-state index contributed by atoms with van der Waals surface area (Å²) in [6.45, 7) is 14.4. The molecule has 196 valence electrons. The van der Waals surface area contributed by atoms with Gasteiger partial charge in [0.2, 0.25) is 5.91 Å². The van der Waals surface area contributed by atoms with E-state index in [0.29, 0.717) is 17.0 Å². The Morgan fingerprint density at radius 1 is 0.944 bits per heavy atom. The molecule has 0 saturated heterocycles. The van der Waals surface area contributed by atoms with Crippen LogP contribution in [0.5, 0.6) is 5.75 Å². The van der Waals surface area contributed by atoms with E-state index in [9.17, 15) is 14.4 Å². The number of hydrogen-bond donors (Lipinski definition) is 2. The van der Waals surface area contributed by atoms with E-state index in [1.165, 1.54) is 4.90 Å². The summed E-state index contributed by atoms with van der Waals surface area (Å²) >= 11 is 0. The summed E-state index contributed by atoms with van der Waals surface area (Å²) in [7, 11) is 1.57. The molecular weight excluding hydrogens is 458 g/mol. The minimum absolute atomic E-state index is 0.340. The summed E-state index contributed by atoms with van der Waals surface area (Å²) < 4.78 is 10.5. The van der Waals surface area contributed by atoms with E-state index in [-0.39, 0.29) is 11.9 Å². The lowest BCUT2D eigenvalue weighted by Crippen LogP contribution is -2.53. The number of hydrogen-bond acceptors (Lipinski definition) is 5. The Labute approximate surface area is 214 Å². The number of carbonyl (C=O) groups excluding carboxylic acids is 3. The van der Waals surface area contributed by atoms with Gasteiger partial charge in [0.25, 0.3) is 5.91 Å². The molecule has 2 N–H and O–H groups in total. The van der Waals surface area contributed by atoms with Crippen molar-refractivity contribution in [1.82, 2.24) is 10.2 Å². The first kappa shape index (κ1) is 28.7. The number of amides is 3. The van der Waals surface area contributed by atoms with Gasteiger partial charge in [0, 0.05) is 11.7 Å². The molecule has 2 atom stereocenters. The van der Waals surface area contributed by atoms with Gasteiger partial charge in [0.1, 0.15) is 23.4 Å². The number of benzene rings is 2. The summed E-state index contributed by atoms with van der Waals surface area (Å²) in [5.74, 6) is -0.0932. The molecule has 0 saturated carbocycles. The number of carbonyl (C=O) groups is 3. The van der Waals surface area contributed by atoms with Crippen molar-refractivity contribution in [2.75, 3.05) is 12.4 Å². The molecule has 0 bridgehead atoms. The smallest absolute Gasteiger partial charge is 0.408 e. The van der Waals surface area contributed by atoms with Crippen LogP contribution in [0.3, 0.4) is 0 Å². The van der Waals surface area contributed by atoms with E-state index in [0.717, 1.165) is 11.1 Å². The largest absolute Gasteiger partial charge is 0.497 e. The highest BCUT2D eigenvalue weighted by atomic mass is 16.6. The molecular formula is C28H39N3O5. The van der Waals surface area contributed by atoms with Gasteiger partial charge in [0.05, 0.1) is 7.11 Å². The number of nitrogens with zero attached hydrogens (tertiary/aromatic N) is 1. The standard InChI is InChI=1S/C28H39N3O5/c1-17(2)31(26(33)20(5)29-27(34)36-28(6,7)8)24(23-15-10-18(3)16-19(23)4)25(32)30-21-11-13-22(35-9)14-12-21/h10-17,20,24H,1-9H3,(H,29,34)(H,30,32). The first-order chi connectivity index (χ1) is 16.7. The molecule has 0 aliphatic heterocycles. The third-order valence-electron chi connectivity index (χ3n) is 5.52. The molecule has 0 heterocycles. The highest BCUT2D eigenvalue weighted by Gasteiger charge is 2.37. The molecule has 8 nitrogen and oxygen atoms in total. The van der Waals surface area contributed by atoms with Gasteiger partial charge in [-0.2, -0.15) is 0 Å². The predicted molar refractivity (Wildman–Crippen MR) is 141 cm³/mol. The van der Waals surface area contributed by atoms with Gasteiger partial charge in [-0.25, -0.2) is 4.79 Å². The van der Waals surface area contributed by atoms with Crippen molar-refractivity contribution < 1.29 is 23.9 Å². The number of nitrogens with one attached hydrogen (secondary N) is 2. The minimum atomic E-state index is -0.928. The fourth-order valence-corrected chi connectivity index (χ4v) is 3.88. The number of aryl methyl sites for hydroxylation is 2. The fraction of sp³-hybridized carbons (Fsp3) is 0.464. The molecule has 0 aliphatic rings. The van der Waals surface area contributed by atoms with Crippen molar-refractivity contribution in [1.29, 1.82) is 0 Å². The zero-order valence-corrected chi connectivity index (χ0v) is 22.8. The molecule has 0 spiro atoms. The zero-order valence-electron chi connectivity index (χ0n) is 22.8. The summed E-state index contributed by atoms with van der Waals surface area (Å²) in [6, 6.07) is 10.6. The second-order valence-corrected chi connectivity index (χ2v) is 10.2. The zero-order chi connectivity index (χ0) is 27.2. The van der Waals surface area contributed by atoms with Crippen LogP contribution in [-0.4, -0.2) is 47.6 Å². The lowest BCUT2D eigenvalue weighted by molar-refractivity contribution is -0.142. The van der Waals surface area contributed by atoms with Gasteiger partial charge < -0.3 is 25.0 Å². The van der Waals surface area contributed by atoms with Crippen LogP contribution < -0.4 is 15.4 Å². The van der Waals surface area contributed by atoms with Crippen LogP contribution in [0.25, 0.3) is 0 Å². The average Bonchev–Trinajstić information content (AvgIpc) is 2.76. The molecule has 8 heteroatoms. The highest BCUT2D eigenvalue weighted by molar-refractivity contribution is 5.99. The number of methoxy groups -OCH3 is 1. The Balaban J connectivity index is 2.44. The molecule has 0 aliphatic carbocycles. The van der Waals surface area contributed by atoms with Crippen LogP contribution in [-0.2, 0) is 14.3 Å². The first-order valence-electron chi connectivity index (χ1n) is 12.1. The van der Waals surface area contributed by atoms with Crippen molar-refractivity contribution in [2.45, 2.75) is 79.1 Å². The van der Waals surface area contributed by atoms with Gasteiger partial charge in [-0.3, -0.25) is 9.59 Å². The number of alkyl carbamates (subject to hydrolysis) is 1. The van der Waals surface area contributed by atoms with E-state index < -0.39 is 29.7 Å². The van der Waals surface area contributed by atoms with E-state index in [4.69, 9.17) is 9.47 Å². The van der Waals surface area contributed by atoms with Crippen LogP contribution in [0.4, 0.5) is 10.5 Å². The molecule has 0 aromatic heterocycles. The molecule has 3 amide bonds. The number of ether oxygens (including phenoxy) is 2. The highest BCUT2D eigenvalue weighted by Crippen LogP contribution is 2.29. The first-order valence-corrected chi connectivity index (χ1v) is 12.1. The van der Waals surface area contributed by atoms with Crippen molar-refractivity contribution in [2.24, 2.45) is 0 Å². The van der Waals surface area contributed by atoms with Crippen molar-refractivity contribution >= 4 is 23.6 Å². The quantitative estimate of drug-likeness (QED) is 0.526. The minimum Gasteiger partial charge on any atom is -0.497 e. The van der Waals surface area contributed by atoms with Crippen LogP contribution in [0.15, 0.2) is 42.5 Å². The Morgan fingerprint density at radius 3 is 2.06 bits per heavy atom. The third-order valence-corrected chi connectivity index (χ3v) is 5.52. The molecule has 0 fully saturated rings. The lowest BCUT2D eigenvalue weighted by Gasteiger charge is -2.37.